The van der Waals surface area contributed by atoms with E-state index in [-0.39, 0.29) is 5.41 Å². The second-order valence-electron chi connectivity index (χ2n) is 8.25. The molecule has 2 aliphatic rings. The Bertz CT molecular complexity index is 1140. The first-order valence-electron chi connectivity index (χ1n) is 9.98. The summed E-state index contributed by atoms with van der Waals surface area (Å²) < 4.78 is 2.94. The lowest BCUT2D eigenvalue weighted by atomic mass is 9.86. The number of rotatable bonds is 4. The van der Waals surface area contributed by atoms with Gasteiger partial charge in [-0.2, -0.15) is 5.10 Å². The molecule has 1 aromatic carbocycles. The first-order valence-corrected chi connectivity index (χ1v) is 9.98. The van der Waals surface area contributed by atoms with Gasteiger partial charge in [-0.3, -0.25) is 24.0 Å². The van der Waals surface area contributed by atoms with E-state index in [0.717, 1.165) is 43.9 Å². The van der Waals surface area contributed by atoms with Crippen LogP contribution in [0.1, 0.15) is 23.4 Å². The molecule has 7 nitrogen and oxygen atoms in total. The molecule has 0 bridgehead atoms. The Labute approximate surface area is 168 Å². The second kappa shape index (κ2) is 7.08. The molecule has 4 heterocycles. The van der Waals surface area contributed by atoms with Gasteiger partial charge in [0.05, 0.1) is 6.54 Å². The van der Waals surface area contributed by atoms with Crippen molar-refractivity contribution in [3.8, 4) is 0 Å². The van der Waals surface area contributed by atoms with Crippen LogP contribution < -0.4 is 11.1 Å². The Morgan fingerprint density at radius 2 is 1.66 bits per heavy atom. The van der Waals surface area contributed by atoms with Crippen molar-refractivity contribution in [3.63, 3.8) is 0 Å². The normalized spacial score (nSPS) is 21.0. The number of hydrogen-bond acceptors (Lipinski definition) is 5. The minimum atomic E-state index is -0.540. The maximum absolute atomic E-state index is 12.8. The third kappa shape index (κ3) is 3.42. The van der Waals surface area contributed by atoms with Gasteiger partial charge in [-0.15, -0.1) is 0 Å². The summed E-state index contributed by atoms with van der Waals surface area (Å²) in [6.45, 7) is 3.68. The Hall–Kier alpha value is -3.06. The van der Waals surface area contributed by atoms with Crippen molar-refractivity contribution in [2.75, 3.05) is 13.1 Å². The molecule has 1 atom stereocenters. The first-order chi connectivity index (χ1) is 14.1. The predicted molar refractivity (Wildman–Crippen MR) is 109 cm³/mol. The quantitative estimate of drug-likeness (QED) is 0.629. The largest absolute Gasteiger partial charge is 0.332 e. The molecule has 0 saturated carbocycles. The number of aromatic nitrogens is 4. The number of pyridine rings is 1. The molecule has 1 saturated heterocycles. The molecule has 0 aliphatic carbocycles. The SMILES string of the molecule is O=c1c(=O)n2c(nn1Cc1ccccc1)C[C@]1(CCN(Cc3ccncc3)C1)C2. The molecule has 0 unspecified atom stereocenters. The zero-order valence-electron chi connectivity index (χ0n) is 16.2. The molecular weight excluding hydrogens is 366 g/mol. The summed E-state index contributed by atoms with van der Waals surface area (Å²) >= 11 is 0. The van der Waals surface area contributed by atoms with E-state index in [9.17, 15) is 9.59 Å². The Balaban J connectivity index is 1.37. The molecular formula is C22H23N5O2. The minimum Gasteiger partial charge on any atom is -0.298 e. The number of likely N-dealkylation sites (tertiary alicyclic amines) is 1. The van der Waals surface area contributed by atoms with E-state index < -0.39 is 11.1 Å². The second-order valence-corrected chi connectivity index (χ2v) is 8.25. The predicted octanol–water partition coefficient (Wildman–Crippen LogP) is 1.30. The van der Waals surface area contributed by atoms with Crippen LogP contribution in [0.15, 0.2) is 64.4 Å². The van der Waals surface area contributed by atoms with Gasteiger partial charge in [-0.25, -0.2) is 4.68 Å². The van der Waals surface area contributed by atoms with Crippen LogP contribution in [0.25, 0.3) is 0 Å². The topological polar surface area (TPSA) is 73.0 Å². The lowest BCUT2D eigenvalue weighted by Gasteiger charge is -2.22. The van der Waals surface area contributed by atoms with E-state index >= 15 is 0 Å². The number of benzene rings is 1. The van der Waals surface area contributed by atoms with Gasteiger partial charge in [0, 0.05) is 43.9 Å². The van der Waals surface area contributed by atoms with Gasteiger partial charge >= 0.3 is 11.1 Å². The van der Waals surface area contributed by atoms with Crippen LogP contribution in [-0.2, 0) is 26.1 Å². The Morgan fingerprint density at radius 3 is 2.45 bits per heavy atom. The van der Waals surface area contributed by atoms with E-state index in [2.05, 4.69) is 15.0 Å². The lowest BCUT2D eigenvalue weighted by molar-refractivity contribution is 0.246. The fourth-order valence-electron chi connectivity index (χ4n) is 4.65. The zero-order valence-corrected chi connectivity index (χ0v) is 16.2. The van der Waals surface area contributed by atoms with Crippen LogP contribution in [0, 0.1) is 5.41 Å². The highest BCUT2D eigenvalue weighted by atomic mass is 16.2. The van der Waals surface area contributed by atoms with Crippen molar-refractivity contribution >= 4 is 0 Å². The number of nitrogens with zero attached hydrogens (tertiary/aromatic N) is 5. The third-order valence-corrected chi connectivity index (χ3v) is 6.08. The van der Waals surface area contributed by atoms with Crippen molar-refractivity contribution < 1.29 is 0 Å². The number of fused-ring (bicyclic) bond motifs is 1. The van der Waals surface area contributed by atoms with Crippen LogP contribution in [0.4, 0.5) is 0 Å². The molecule has 0 radical (unpaired) electrons. The summed E-state index contributed by atoms with van der Waals surface area (Å²) in [5.74, 6) is 0.733. The summed E-state index contributed by atoms with van der Waals surface area (Å²) in [6, 6.07) is 13.7. The van der Waals surface area contributed by atoms with E-state index in [1.54, 1.807) is 4.57 Å². The molecule has 3 aromatic rings. The van der Waals surface area contributed by atoms with Crippen LogP contribution in [0.2, 0.25) is 0 Å². The Morgan fingerprint density at radius 1 is 0.897 bits per heavy atom. The van der Waals surface area contributed by atoms with Gasteiger partial charge in [0.15, 0.2) is 0 Å². The van der Waals surface area contributed by atoms with E-state index in [1.165, 1.54) is 10.2 Å². The van der Waals surface area contributed by atoms with Gasteiger partial charge in [0.1, 0.15) is 5.82 Å². The fourth-order valence-corrected chi connectivity index (χ4v) is 4.65. The molecule has 29 heavy (non-hydrogen) atoms. The van der Waals surface area contributed by atoms with Gasteiger partial charge in [0.25, 0.3) is 0 Å². The molecule has 148 valence electrons. The van der Waals surface area contributed by atoms with Gasteiger partial charge < -0.3 is 0 Å². The van der Waals surface area contributed by atoms with Gasteiger partial charge in [-0.05, 0) is 36.2 Å². The van der Waals surface area contributed by atoms with E-state index in [0.29, 0.717) is 13.1 Å². The summed E-state index contributed by atoms with van der Waals surface area (Å²) in [4.78, 5) is 31.8. The summed E-state index contributed by atoms with van der Waals surface area (Å²) in [7, 11) is 0. The van der Waals surface area contributed by atoms with Crippen LogP contribution >= 0.6 is 0 Å². The molecule has 2 aromatic heterocycles. The van der Waals surface area contributed by atoms with E-state index in [1.807, 2.05) is 54.9 Å². The molecule has 0 N–H and O–H groups in total. The van der Waals surface area contributed by atoms with Crippen LogP contribution in [0.5, 0.6) is 0 Å². The summed E-state index contributed by atoms with van der Waals surface area (Å²) in [5, 5.41) is 4.58. The summed E-state index contributed by atoms with van der Waals surface area (Å²) in [5.41, 5.74) is 1.20. The minimum absolute atomic E-state index is 0.00936. The van der Waals surface area contributed by atoms with Crippen LogP contribution in [0.3, 0.4) is 0 Å². The van der Waals surface area contributed by atoms with E-state index in [4.69, 9.17) is 0 Å². The van der Waals surface area contributed by atoms with Gasteiger partial charge in [-0.1, -0.05) is 30.3 Å². The molecule has 1 fully saturated rings. The lowest BCUT2D eigenvalue weighted by Crippen LogP contribution is -2.43. The van der Waals surface area contributed by atoms with Crippen molar-refractivity contribution in [1.82, 2.24) is 24.2 Å². The molecule has 1 spiro atoms. The van der Waals surface area contributed by atoms with Crippen molar-refractivity contribution in [2.45, 2.75) is 32.5 Å². The summed E-state index contributed by atoms with van der Waals surface area (Å²) in [6.07, 6.45) is 5.38. The van der Waals surface area contributed by atoms with Crippen molar-refractivity contribution in [1.29, 1.82) is 0 Å². The smallest absolute Gasteiger partial charge is 0.298 e. The van der Waals surface area contributed by atoms with Crippen molar-refractivity contribution in [3.05, 3.63) is 92.5 Å². The Kier molecular flexibility index (Phi) is 4.39. The van der Waals surface area contributed by atoms with Gasteiger partial charge in [0.2, 0.25) is 0 Å². The average molecular weight is 389 g/mol. The maximum atomic E-state index is 12.8. The highest BCUT2D eigenvalue weighted by Gasteiger charge is 2.44. The standard InChI is InChI=1S/C22H23N5O2/c28-20-21(29)27(14-17-4-2-1-3-5-17)24-19-12-22(16-26(19)20)8-11-25(15-22)13-18-6-9-23-10-7-18/h1-7,9-10H,8,11-16H2/t22-/m0/s1. The fraction of sp³-hybridized carbons (Fsp3) is 0.364. The van der Waals surface area contributed by atoms with Crippen LogP contribution in [-0.4, -0.2) is 37.3 Å². The monoisotopic (exact) mass is 389 g/mol. The highest BCUT2D eigenvalue weighted by Crippen LogP contribution is 2.39. The first kappa shape index (κ1) is 18.0. The number of hydrogen-bond donors (Lipinski definition) is 0. The highest BCUT2D eigenvalue weighted by molar-refractivity contribution is 5.16. The molecule has 7 heteroatoms. The third-order valence-electron chi connectivity index (χ3n) is 6.08. The molecule has 0 amide bonds. The average Bonchev–Trinajstić information content (AvgIpc) is 3.30. The maximum Gasteiger partial charge on any atom is 0.332 e. The van der Waals surface area contributed by atoms with Crippen molar-refractivity contribution in [2.24, 2.45) is 5.41 Å². The molecule has 2 aliphatic heterocycles. The molecule has 5 rings (SSSR count). The zero-order chi connectivity index (χ0) is 19.8.